The fraction of sp³-hybridized carbons (Fsp3) is 0.300. The van der Waals surface area contributed by atoms with Gasteiger partial charge in [-0.1, -0.05) is 29.3 Å². The molecule has 6 heteroatoms. The monoisotopic (exact) mass is 375 g/mol. The highest BCUT2D eigenvalue weighted by atomic mass is 35.5. The van der Waals surface area contributed by atoms with E-state index >= 15 is 0 Å². The summed E-state index contributed by atoms with van der Waals surface area (Å²) in [5.74, 6) is 0.507. The minimum atomic E-state index is -0.286. The van der Waals surface area contributed by atoms with Crippen LogP contribution >= 0.6 is 11.6 Å². The average Bonchev–Trinajstić information content (AvgIpc) is 2.62. The molecule has 0 aromatic heterocycles. The Morgan fingerprint density at radius 1 is 1.00 bits per heavy atom. The highest BCUT2D eigenvalue weighted by molar-refractivity contribution is 6.32. The van der Waals surface area contributed by atoms with Crippen LogP contribution in [0.3, 0.4) is 0 Å². The minimum absolute atomic E-state index is 0.0537. The van der Waals surface area contributed by atoms with E-state index in [0.29, 0.717) is 27.8 Å². The number of ketones is 1. The third kappa shape index (κ3) is 4.76. The molecule has 0 spiro atoms. The van der Waals surface area contributed by atoms with Gasteiger partial charge in [-0.05, 0) is 25.5 Å². The van der Waals surface area contributed by atoms with Crippen LogP contribution in [0, 0.1) is 13.8 Å². The summed E-state index contributed by atoms with van der Waals surface area (Å²) in [7, 11) is 2.97. The maximum atomic E-state index is 12.4. The summed E-state index contributed by atoms with van der Waals surface area (Å²) in [5.41, 5.74) is 3.02. The summed E-state index contributed by atoms with van der Waals surface area (Å²) < 4.78 is 10.4. The van der Waals surface area contributed by atoms with Gasteiger partial charge in [-0.3, -0.25) is 9.59 Å². The Kier molecular flexibility index (Phi) is 6.64. The highest BCUT2D eigenvalue weighted by Gasteiger charge is 2.15. The Bertz CT molecular complexity index is 833. The molecule has 2 rings (SSSR count). The van der Waals surface area contributed by atoms with Crippen LogP contribution in [0.15, 0.2) is 30.3 Å². The molecular weight excluding hydrogens is 354 g/mol. The first-order chi connectivity index (χ1) is 12.3. The molecule has 2 aromatic carbocycles. The van der Waals surface area contributed by atoms with Gasteiger partial charge in [0.25, 0.3) is 0 Å². The van der Waals surface area contributed by atoms with Gasteiger partial charge in [0.1, 0.15) is 11.5 Å². The van der Waals surface area contributed by atoms with Gasteiger partial charge in [-0.15, -0.1) is 0 Å². The second-order valence-electron chi connectivity index (χ2n) is 5.98. The highest BCUT2D eigenvalue weighted by Crippen LogP contribution is 2.35. The number of ether oxygens (including phenoxy) is 2. The van der Waals surface area contributed by atoms with E-state index in [9.17, 15) is 9.59 Å². The number of nitrogens with one attached hydrogen (secondary N) is 1. The molecule has 2 aromatic rings. The number of aryl methyl sites for hydroxylation is 2. The zero-order valence-corrected chi connectivity index (χ0v) is 16.1. The first kappa shape index (κ1) is 19.8. The molecule has 0 atom stereocenters. The van der Waals surface area contributed by atoms with Crippen LogP contribution < -0.4 is 14.8 Å². The van der Waals surface area contributed by atoms with E-state index in [2.05, 4.69) is 5.32 Å². The molecule has 138 valence electrons. The van der Waals surface area contributed by atoms with Crippen molar-refractivity contribution >= 4 is 29.0 Å². The van der Waals surface area contributed by atoms with Gasteiger partial charge in [0.05, 0.1) is 24.9 Å². The largest absolute Gasteiger partial charge is 0.495 e. The van der Waals surface area contributed by atoms with Crippen molar-refractivity contribution in [3.05, 3.63) is 52.0 Å². The Hall–Kier alpha value is -2.53. The number of anilines is 1. The van der Waals surface area contributed by atoms with Crippen molar-refractivity contribution in [1.82, 2.24) is 0 Å². The van der Waals surface area contributed by atoms with Gasteiger partial charge in [0.15, 0.2) is 5.78 Å². The van der Waals surface area contributed by atoms with Crippen LogP contribution in [-0.2, 0) is 4.79 Å². The smallest absolute Gasteiger partial charge is 0.224 e. The lowest BCUT2D eigenvalue weighted by atomic mass is 9.99. The van der Waals surface area contributed by atoms with Crippen molar-refractivity contribution in [2.45, 2.75) is 26.7 Å². The van der Waals surface area contributed by atoms with Crippen molar-refractivity contribution in [2.24, 2.45) is 0 Å². The van der Waals surface area contributed by atoms with Crippen LogP contribution in [0.1, 0.15) is 34.3 Å². The van der Waals surface area contributed by atoms with Crippen LogP contribution in [0.5, 0.6) is 11.5 Å². The molecule has 5 nitrogen and oxygen atoms in total. The van der Waals surface area contributed by atoms with E-state index < -0.39 is 0 Å². The number of hydrogen-bond acceptors (Lipinski definition) is 4. The van der Waals surface area contributed by atoms with Crippen LogP contribution in [0.4, 0.5) is 5.69 Å². The van der Waals surface area contributed by atoms with Crippen molar-refractivity contribution in [3.8, 4) is 11.5 Å². The Morgan fingerprint density at radius 2 is 1.69 bits per heavy atom. The molecule has 0 unspecified atom stereocenters. The predicted octanol–water partition coefficient (Wildman–Crippen LogP) is 4.58. The normalized spacial score (nSPS) is 10.3. The predicted molar refractivity (Wildman–Crippen MR) is 103 cm³/mol. The third-order valence-corrected chi connectivity index (χ3v) is 4.32. The summed E-state index contributed by atoms with van der Waals surface area (Å²) in [6.45, 7) is 3.82. The molecule has 0 aliphatic carbocycles. The fourth-order valence-electron chi connectivity index (χ4n) is 2.57. The second kappa shape index (κ2) is 8.72. The van der Waals surface area contributed by atoms with E-state index in [-0.39, 0.29) is 24.5 Å². The van der Waals surface area contributed by atoms with E-state index in [0.717, 1.165) is 11.1 Å². The van der Waals surface area contributed by atoms with Gasteiger partial charge in [-0.2, -0.15) is 0 Å². The molecule has 0 saturated carbocycles. The molecule has 26 heavy (non-hydrogen) atoms. The van der Waals surface area contributed by atoms with Gasteiger partial charge in [-0.25, -0.2) is 0 Å². The lowest BCUT2D eigenvalue weighted by molar-refractivity contribution is -0.116. The number of amides is 1. The summed E-state index contributed by atoms with van der Waals surface area (Å²) in [5, 5.41) is 3.12. The van der Waals surface area contributed by atoms with Crippen molar-refractivity contribution in [1.29, 1.82) is 0 Å². The molecule has 0 aliphatic rings. The molecule has 0 radical (unpaired) electrons. The van der Waals surface area contributed by atoms with Crippen molar-refractivity contribution in [3.63, 3.8) is 0 Å². The molecule has 0 bridgehead atoms. The van der Waals surface area contributed by atoms with Crippen LogP contribution in [0.2, 0.25) is 5.02 Å². The van der Waals surface area contributed by atoms with Crippen LogP contribution in [0.25, 0.3) is 0 Å². The Balaban J connectivity index is 2.05. The van der Waals surface area contributed by atoms with Crippen molar-refractivity contribution < 1.29 is 19.1 Å². The summed E-state index contributed by atoms with van der Waals surface area (Å²) in [4.78, 5) is 24.7. The zero-order chi connectivity index (χ0) is 19.3. The maximum absolute atomic E-state index is 12.4. The molecular formula is C20H22ClNO4. The lowest BCUT2D eigenvalue weighted by Gasteiger charge is -2.13. The van der Waals surface area contributed by atoms with Gasteiger partial charge in [0, 0.05) is 30.5 Å². The minimum Gasteiger partial charge on any atom is -0.495 e. The van der Waals surface area contributed by atoms with Crippen LogP contribution in [-0.4, -0.2) is 25.9 Å². The van der Waals surface area contributed by atoms with Gasteiger partial charge in [0.2, 0.25) is 5.91 Å². The average molecular weight is 376 g/mol. The van der Waals surface area contributed by atoms with Crippen molar-refractivity contribution in [2.75, 3.05) is 19.5 Å². The lowest BCUT2D eigenvalue weighted by Crippen LogP contribution is -2.14. The number of hydrogen-bond donors (Lipinski definition) is 1. The Morgan fingerprint density at radius 3 is 2.35 bits per heavy atom. The van der Waals surface area contributed by atoms with E-state index in [4.69, 9.17) is 21.1 Å². The summed E-state index contributed by atoms with van der Waals surface area (Å²) >= 11 is 6.05. The number of carbonyl (C=O) groups is 2. The van der Waals surface area contributed by atoms with E-state index in [1.165, 1.54) is 14.2 Å². The standard InChI is InChI=1S/C20H22ClNO4/c1-12-5-6-13(2)14(9-12)17(23)7-8-20(24)22-16-11-18(25-3)15(21)10-19(16)26-4/h5-6,9-11H,7-8H2,1-4H3,(H,22,24). The summed E-state index contributed by atoms with van der Waals surface area (Å²) in [6, 6.07) is 8.87. The summed E-state index contributed by atoms with van der Waals surface area (Å²) in [6.07, 6.45) is 0.198. The molecule has 0 heterocycles. The number of Topliss-reactive ketones (excluding diaryl/α,β-unsaturated/α-hetero) is 1. The third-order valence-electron chi connectivity index (χ3n) is 4.02. The topological polar surface area (TPSA) is 64.6 Å². The quantitative estimate of drug-likeness (QED) is 0.719. The maximum Gasteiger partial charge on any atom is 0.224 e. The van der Waals surface area contributed by atoms with Gasteiger partial charge >= 0.3 is 0 Å². The van der Waals surface area contributed by atoms with Gasteiger partial charge < -0.3 is 14.8 Å². The molecule has 1 amide bonds. The number of benzene rings is 2. The number of carbonyl (C=O) groups excluding carboxylic acids is 2. The Labute approximate surface area is 158 Å². The fourth-order valence-corrected chi connectivity index (χ4v) is 2.80. The van der Waals surface area contributed by atoms with E-state index in [1.807, 2.05) is 32.0 Å². The SMILES string of the molecule is COc1cc(NC(=O)CCC(=O)c2cc(C)ccc2C)c(OC)cc1Cl. The molecule has 0 fully saturated rings. The number of halogens is 1. The zero-order valence-electron chi connectivity index (χ0n) is 15.3. The first-order valence-corrected chi connectivity index (χ1v) is 8.55. The molecule has 0 saturated heterocycles. The second-order valence-corrected chi connectivity index (χ2v) is 6.38. The van der Waals surface area contributed by atoms with E-state index in [1.54, 1.807) is 12.1 Å². The molecule has 0 aliphatic heterocycles. The first-order valence-electron chi connectivity index (χ1n) is 8.17. The number of rotatable bonds is 7. The molecule has 1 N–H and O–H groups in total. The number of methoxy groups -OCH3 is 2.